The van der Waals surface area contributed by atoms with Gasteiger partial charge in [0, 0.05) is 26.2 Å². The van der Waals surface area contributed by atoms with E-state index < -0.39 is 0 Å². The van der Waals surface area contributed by atoms with E-state index in [4.69, 9.17) is 0 Å². The summed E-state index contributed by atoms with van der Waals surface area (Å²) in [7, 11) is 0. The molecule has 1 unspecified atom stereocenters. The van der Waals surface area contributed by atoms with E-state index in [-0.39, 0.29) is 6.61 Å². The second-order valence-corrected chi connectivity index (χ2v) is 5.72. The average molecular weight is 329 g/mol. The first-order valence-electron chi connectivity index (χ1n) is 6.86. The number of nitrogens with zero attached hydrogens (tertiary/aromatic N) is 3. The molecule has 0 spiro atoms. The van der Waals surface area contributed by atoms with Gasteiger partial charge in [0.2, 0.25) is 0 Å². The van der Waals surface area contributed by atoms with Crippen molar-refractivity contribution in [2.45, 2.75) is 26.2 Å². The first-order chi connectivity index (χ1) is 9.26. The van der Waals surface area contributed by atoms with Crippen molar-refractivity contribution in [2.75, 3.05) is 36.5 Å². The highest BCUT2D eigenvalue weighted by Crippen LogP contribution is 2.31. The summed E-state index contributed by atoms with van der Waals surface area (Å²) >= 11 is 3.60. The van der Waals surface area contributed by atoms with E-state index in [9.17, 15) is 5.11 Å². The minimum atomic E-state index is 0.250. The lowest BCUT2D eigenvalue weighted by Crippen LogP contribution is -2.37. The molecule has 1 aliphatic heterocycles. The molecule has 6 heteroatoms. The monoisotopic (exact) mass is 328 g/mol. The van der Waals surface area contributed by atoms with Crippen molar-refractivity contribution < 1.29 is 5.11 Å². The SMILES string of the molecule is CCCNc1ncnc(N2CCCC(CO)C2)c1Br. The summed E-state index contributed by atoms with van der Waals surface area (Å²) < 4.78 is 0.919. The number of anilines is 2. The van der Waals surface area contributed by atoms with Crippen molar-refractivity contribution in [3.05, 3.63) is 10.8 Å². The molecule has 1 aromatic rings. The number of hydrogen-bond acceptors (Lipinski definition) is 5. The van der Waals surface area contributed by atoms with Crippen LogP contribution < -0.4 is 10.2 Å². The van der Waals surface area contributed by atoms with Gasteiger partial charge in [0.15, 0.2) is 0 Å². The fourth-order valence-electron chi connectivity index (χ4n) is 2.35. The van der Waals surface area contributed by atoms with Crippen LogP contribution in [0.15, 0.2) is 10.8 Å². The highest BCUT2D eigenvalue weighted by Gasteiger charge is 2.23. The molecule has 0 saturated carbocycles. The molecule has 1 fully saturated rings. The van der Waals surface area contributed by atoms with E-state index >= 15 is 0 Å². The van der Waals surface area contributed by atoms with Gasteiger partial charge in [-0.15, -0.1) is 0 Å². The third-order valence-corrected chi connectivity index (χ3v) is 4.12. The Morgan fingerprint density at radius 1 is 1.53 bits per heavy atom. The summed E-state index contributed by atoms with van der Waals surface area (Å²) in [6, 6.07) is 0. The van der Waals surface area contributed by atoms with Crippen LogP contribution in [0.3, 0.4) is 0 Å². The molecule has 0 aromatic carbocycles. The summed E-state index contributed by atoms with van der Waals surface area (Å²) in [4.78, 5) is 10.9. The Kier molecular flexibility index (Phi) is 5.39. The van der Waals surface area contributed by atoms with Gasteiger partial charge in [-0.3, -0.25) is 0 Å². The van der Waals surface area contributed by atoms with Crippen molar-refractivity contribution in [1.29, 1.82) is 0 Å². The number of rotatable bonds is 5. The molecule has 1 aliphatic rings. The van der Waals surface area contributed by atoms with Crippen molar-refractivity contribution in [2.24, 2.45) is 5.92 Å². The minimum Gasteiger partial charge on any atom is -0.396 e. The normalized spacial score (nSPS) is 19.5. The van der Waals surface area contributed by atoms with Crippen LogP contribution in [0.4, 0.5) is 11.6 Å². The Morgan fingerprint density at radius 2 is 2.37 bits per heavy atom. The van der Waals surface area contributed by atoms with Crippen LogP contribution in [0.25, 0.3) is 0 Å². The van der Waals surface area contributed by atoms with E-state index in [0.717, 1.165) is 55.0 Å². The van der Waals surface area contributed by atoms with Gasteiger partial charge in [0.05, 0.1) is 0 Å². The zero-order chi connectivity index (χ0) is 13.7. The number of hydrogen-bond donors (Lipinski definition) is 2. The minimum absolute atomic E-state index is 0.250. The van der Waals surface area contributed by atoms with Gasteiger partial charge >= 0.3 is 0 Å². The number of halogens is 1. The second kappa shape index (κ2) is 7.05. The Morgan fingerprint density at radius 3 is 3.11 bits per heavy atom. The van der Waals surface area contributed by atoms with Gasteiger partial charge in [0.1, 0.15) is 22.4 Å². The Hall–Kier alpha value is -0.880. The van der Waals surface area contributed by atoms with E-state index in [2.05, 4.69) is 43.0 Å². The molecule has 19 heavy (non-hydrogen) atoms. The molecule has 0 bridgehead atoms. The zero-order valence-electron chi connectivity index (χ0n) is 11.3. The molecular formula is C13H21BrN4O. The molecule has 1 aromatic heterocycles. The molecule has 2 heterocycles. The smallest absolute Gasteiger partial charge is 0.148 e. The molecule has 2 rings (SSSR count). The third kappa shape index (κ3) is 3.57. The third-order valence-electron chi connectivity index (χ3n) is 3.39. The first kappa shape index (κ1) is 14.5. The fourth-order valence-corrected chi connectivity index (χ4v) is 2.95. The van der Waals surface area contributed by atoms with Crippen LogP contribution in [0.2, 0.25) is 0 Å². The summed E-state index contributed by atoms with van der Waals surface area (Å²) in [5.41, 5.74) is 0. The molecule has 2 N–H and O–H groups in total. The van der Waals surface area contributed by atoms with Crippen molar-refractivity contribution in [1.82, 2.24) is 9.97 Å². The van der Waals surface area contributed by atoms with Crippen molar-refractivity contribution >= 4 is 27.6 Å². The van der Waals surface area contributed by atoms with Crippen LogP contribution >= 0.6 is 15.9 Å². The molecule has 5 nitrogen and oxygen atoms in total. The molecular weight excluding hydrogens is 308 g/mol. The van der Waals surface area contributed by atoms with Crippen LogP contribution in [0.1, 0.15) is 26.2 Å². The van der Waals surface area contributed by atoms with Gasteiger partial charge in [-0.05, 0) is 41.1 Å². The van der Waals surface area contributed by atoms with Crippen LogP contribution in [0.5, 0.6) is 0 Å². The maximum atomic E-state index is 9.31. The summed E-state index contributed by atoms with van der Waals surface area (Å²) in [5, 5.41) is 12.6. The topological polar surface area (TPSA) is 61.3 Å². The Labute approximate surface area is 122 Å². The second-order valence-electron chi connectivity index (χ2n) is 4.92. The first-order valence-corrected chi connectivity index (χ1v) is 7.65. The molecule has 0 aliphatic carbocycles. The van der Waals surface area contributed by atoms with E-state index in [1.807, 2.05) is 0 Å². The number of aliphatic hydroxyl groups is 1. The van der Waals surface area contributed by atoms with Gasteiger partial charge in [-0.2, -0.15) is 0 Å². The quantitative estimate of drug-likeness (QED) is 0.868. The summed E-state index contributed by atoms with van der Waals surface area (Å²) in [6.45, 7) is 5.12. The maximum absolute atomic E-state index is 9.31. The lowest BCUT2D eigenvalue weighted by atomic mass is 9.99. The Balaban J connectivity index is 2.14. The van der Waals surface area contributed by atoms with Crippen molar-refractivity contribution in [3.63, 3.8) is 0 Å². The summed E-state index contributed by atoms with van der Waals surface area (Å²) in [5.74, 6) is 2.12. The van der Waals surface area contributed by atoms with Gasteiger partial charge in [0.25, 0.3) is 0 Å². The predicted molar refractivity (Wildman–Crippen MR) is 80.5 cm³/mol. The molecule has 0 radical (unpaired) electrons. The van der Waals surface area contributed by atoms with E-state index in [1.54, 1.807) is 6.33 Å². The van der Waals surface area contributed by atoms with Gasteiger partial charge < -0.3 is 15.3 Å². The van der Waals surface area contributed by atoms with Crippen molar-refractivity contribution in [3.8, 4) is 0 Å². The van der Waals surface area contributed by atoms with Crippen LogP contribution in [0, 0.1) is 5.92 Å². The Bertz CT molecular complexity index is 416. The number of aromatic nitrogens is 2. The number of nitrogens with one attached hydrogen (secondary N) is 1. The number of aliphatic hydroxyl groups excluding tert-OH is 1. The molecule has 0 amide bonds. The fraction of sp³-hybridized carbons (Fsp3) is 0.692. The zero-order valence-corrected chi connectivity index (χ0v) is 12.9. The van der Waals surface area contributed by atoms with Crippen LogP contribution in [-0.4, -0.2) is 41.3 Å². The molecule has 106 valence electrons. The number of piperidine rings is 1. The molecule has 1 saturated heterocycles. The van der Waals surface area contributed by atoms with Gasteiger partial charge in [-0.25, -0.2) is 9.97 Å². The average Bonchev–Trinajstić information content (AvgIpc) is 2.46. The standard InChI is InChI=1S/C13H21BrN4O/c1-2-5-15-12-11(14)13(17-9-16-12)18-6-3-4-10(7-18)8-19/h9-10,19H,2-8H2,1H3,(H,15,16,17). The van der Waals surface area contributed by atoms with E-state index in [1.165, 1.54) is 0 Å². The largest absolute Gasteiger partial charge is 0.396 e. The predicted octanol–water partition coefficient (Wildman–Crippen LogP) is 2.27. The van der Waals surface area contributed by atoms with Gasteiger partial charge in [-0.1, -0.05) is 6.92 Å². The highest BCUT2D eigenvalue weighted by molar-refractivity contribution is 9.10. The molecule has 1 atom stereocenters. The highest BCUT2D eigenvalue weighted by atomic mass is 79.9. The lowest BCUT2D eigenvalue weighted by Gasteiger charge is -2.33. The maximum Gasteiger partial charge on any atom is 0.148 e. The summed E-state index contributed by atoms with van der Waals surface area (Å²) in [6.07, 6.45) is 4.85. The van der Waals surface area contributed by atoms with Crippen LogP contribution in [-0.2, 0) is 0 Å². The lowest BCUT2D eigenvalue weighted by molar-refractivity contribution is 0.208. The van der Waals surface area contributed by atoms with E-state index in [0.29, 0.717) is 5.92 Å².